The van der Waals surface area contributed by atoms with E-state index in [1.165, 1.54) is 0 Å². The Morgan fingerprint density at radius 1 is 1.40 bits per heavy atom. The highest BCUT2D eigenvalue weighted by molar-refractivity contribution is 6.01. The van der Waals surface area contributed by atoms with Crippen molar-refractivity contribution >= 4 is 12.0 Å². The predicted molar refractivity (Wildman–Crippen MR) is 96.8 cm³/mol. The molecule has 0 radical (unpaired) electrons. The number of aromatic nitrogens is 1. The minimum Gasteiger partial charge on any atom is -0.496 e. The van der Waals surface area contributed by atoms with Gasteiger partial charge in [-0.2, -0.15) is 5.26 Å². The van der Waals surface area contributed by atoms with Gasteiger partial charge in [0.2, 0.25) is 0 Å². The lowest BCUT2D eigenvalue weighted by Crippen LogP contribution is -2.24. The molecule has 0 fully saturated rings. The Morgan fingerprint density at radius 3 is 2.80 bits per heavy atom. The van der Waals surface area contributed by atoms with Gasteiger partial charge in [0.15, 0.2) is 0 Å². The number of rotatable bonds is 6. The molecule has 0 aliphatic heterocycles. The molecular weight excluding hydrogens is 314 g/mol. The lowest BCUT2D eigenvalue weighted by molar-refractivity contribution is -0.117. The quantitative estimate of drug-likeness (QED) is 0.648. The number of hydrogen-bond donors (Lipinski definition) is 1. The van der Waals surface area contributed by atoms with Crippen LogP contribution in [-0.2, 0) is 11.3 Å². The van der Waals surface area contributed by atoms with Crippen molar-refractivity contribution in [2.45, 2.75) is 26.3 Å². The Kier molecular flexibility index (Phi) is 6.30. The van der Waals surface area contributed by atoms with Gasteiger partial charge >= 0.3 is 0 Å². The van der Waals surface area contributed by atoms with Crippen LogP contribution in [0.4, 0.5) is 0 Å². The lowest BCUT2D eigenvalue weighted by atomic mass is 9.99. The second-order valence-corrected chi connectivity index (χ2v) is 5.87. The number of nitriles is 1. The molecule has 2 aromatic rings. The van der Waals surface area contributed by atoms with Crippen LogP contribution in [0.5, 0.6) is 5.75 Å². The van der Waals surface area contributed by atoms with Gasteiger partial charge < -0.3 is 10.1 Å². The summed E-state index contributed by atoms with van der Waals surface area (Å²) in [6, 6.07) is 11.4. The maximum atomic E-state index is 12.3. The highest BCUT2D eigenvalue weighted by atomic mass is 16.5. The van der Waals surface area contributed by atoms with Gasteiger partial charge in [-0.15, -0.1) is 0 Å². The number of nitrogens with zero attached hydrogens (tertiary/aromatic N) is 2. The first-order valence-corrected chi connectivity index (χ1v) is 8.02. The molecule has 0 aliphatic rings. The fourth-order valence-electron chi connectivity index (χ4n) is 2.31. The van der Waals surface area contributed by atoms with Crippen LogP contribution in [0.3, 0.4) is 0 Å². The molecule has 1 heterocycles. The predicted octanol–water partition coefficient (Wildman–Crippen LogP) is 3.44. The van der Waals surface area contributed by atoms with Gasteiger partial charge in [0, 0.05) is 24.5 Å². The minimum atomic E-state index is -0.427. The number of hydrogen-bond acceptors (Lipinski definition) is 4. The Morgan fingerprint density at radius 2 is 2.20 bits per heavy atom. The first kappa shape index (κ1) is 18.2. The number of amides is 1. The summed E-state index contributed by atoms with van der Waals surface area (Å²) in [5.41, 5.74) is 2.72. The summed E-state index contributed by atoms with van der Waals surface area (Å²) < 4.78 is 5.34. The van der Waals surface area contributed by atoms with Crippen LogP contribution in [0.15, 0.2) is 48.3 Å². The molecule has 0 atom stereocenters. The second kappa shape index (κ2) is 8.65. The summed E-state index contributed by atoms with van der Waals surface area (Å²) >= 11 is 0. The molecule has 25 heavy (non-hydrogen) atoms. The summed E-state index contributed by atoms with van der Waals surface area (Å²) in [5, 5.41) is 12.1. The van der Waals surface area contributed by atoms with Crippen LogP contribution < -0.4 is 10.1 Å². The third-order valence-electron chi connectivity index (χ3n) is 3.76. The highest BCUT2D eigenvalue weighted by Crippen LogP contribution is 2.26. The third kappa shape index (κ3) is 4.92. The topological polar surface area (TPSA) is 75.0 Å². The molecule has 1 amide bonds. The van der Waals surface area contributed by atoms with E-state index in [1.54, 1.807) is 31.6 Å². The van der Waals surface area contributed by atoms with Crippen LogP contribution in [0, 0.1) is 11.3 Å². The van der Waals surface area contributed by atoms with E-state index in [1.807, 2.05) is 30.3 Å². The number of carbonyl (C=O) groups excluding carboxylic acids is 1. The fraction of sp³-hybridized carbons (Fsp3) is 0.250. The molecule has 1 aromatic carbocycles. The fourth-order valence-corrected chi connectivity index (χ4v) is 2.31. The Labute approximate surface area is 148 Å². The van der Waals surface area contributed by atoms with E-state index < -0.39 is 5.91 Å². The van der Waals surface area contributed by atoms with E-state index in [2.05, 4.69) is 24.1 Å². The van der Waals surface area contributed by atoms with Gasteiger partial charge in [-0.25, -0.2) is 0 Å². The number of pyridine rings is 1. The molecular formula is C20H21N3O2. The van der Waals surface area contributed by atoms with Crippen LogP contribution in [0.2, 0.25) is 0 Å². The standard InChI is InChI=1S/C20H21N3O2/c1-14(2)16-6-7-19(25-3)17(9-16)10-18(11-21)20(24)23-13-15-5-4-8-22-12-15/h4-10,12,14H,13H2,1-3H3,(H,23,24)/b18-10+. The zero-order valence-electron chi connectivity index (χ0n) is 14.6. The molecule has 5 nitrogen and oxygen atoms in total. The maximum Gasteiger partial charge on any atom is 0.262 e. The van der Waals surface area contributed by atoms with Crippen molar-refractivity contribution in [3.05, 3.63) is 65.0 Å². The lowest BCUT2D eigenvalue weighted by Gasteiger charge is -2.11. The molecule has 0 bridgehead atoms. The van der Waals surface area contributed by atoms with Gasteiger partial charge in [0.05, 0.1) is 7.11 Å². The van der Waals surface area contributed by atoms with Crippen molar-refractivity contribution in [2.24, 2.45) is 0 Å². The molecule has 2 rings (SSSR count). The van der Waals surface area contributed by atoms with Crippen molar-refractivity contribution in [3.8, 4) is 11.8 Å². The third-order valence-corrected chi connectivity index (χ3v) is 3.76. The number of carbonyl (C=O) groups is 1. The summed E-state index contributed by atoms with van der Waals surface area (Å²) in [4.78, 5) is 16.3. The Balaban J connectivity index is 2.22. The van der Waals surface area contributed by atoms with Crippen molar-refractivity contribution in [3.63, 3.8) is 0 Å². The van der Waals surface area contributed by atoms with Crippen molar-refractivity contribution < 1.29 is 9.53 Å². The average Bonchev–Trinajstić information content (AvgIpc) is 2.64. The molecule has 0 aliphatic carbocycles. The summed E-state index contributed by atoms with van der Waals surface area (Å²) in [6.45, 7) is 4.48. The number of ether oxygens (including phenoxy) is 1. The van der Waals surface area contributed by atoms with E-state index in [0.29, 0.717) is 23.8 Å². The monoisotopic (exact) mass is 335 g/mol. The zero-order chi connectivity index (χ0) is 18.2. The summed E-state index contributed by atoms with van der Waals surface area (Å²) in [7, 11) is 1.57. The molecule has 128 valence electrons. The van der Waals surface area contributed by atoms with Gasteiger partial charge in [-0.1, -0.05) is 26.0 Å². The maximum absolute atomic E-state index is 12.3. The molecule has 0 saturated heterocycles. The minimum absolute atomic E-state index is 0.0306. The normalized spacial score (nSPS) is 11.1. The SMILES string of the molecule is COc1ccc(C(C)C)cc1/C=C(\C#N)C(=O)NCc1cccnc1. The summed E-state index contributed by atoms with van der Waals surface area (Å²) in [5.74, 6) is 0.531. The average molecular weight is 335 g/mol. The number of methoxy groups -OCH3 is 1. The van der Waals surface area contributed by atoms with Gasteiger partial charge in [-0.05, 0) is 41.3 Å². The first-order chi connectivity index (χ1) is 12.0. The van der Waals surface area contributed by atoms with E-state index >= 15 is 0 Å². The van der Waals surface area contributed by atoms with Gasteiger partial charge in [-0.3, -0.25) is 9.78 Å². The Bertz CT molecular complexity index is 805. The molecule has 5 heteroatoms. The molecule has 1 aromatic heterocycles. The van der Waals surface area contributed by atoms with E-state index in [9.17, 15) is 10.1 Å². The molecule has 0 spiro atoms. The van der Waals surface area contributed by atoms with Gasteiger partial charge in [0.25, 0.3) is 5.91 Å². The Hall–Kier alpha value is -3.13. The number of benzene rings is 1. The van der Waals surface area contributed by atoms with E-state index in [0.717, 1.165) is 11.1 Å². The van der Waals surface area contributed by atoms with Gasteiger partial charge in [0.1, 0.15) is 17.4 Å². The van der Waals surface area contributed by atoms with Crippen molar-refractivity contribution in [2.75, 3.05) is 7.11 Å². The van der Waals surface area contributed by atoms with Crippen LogP contribution in [0.1, 0.15) is 36.5 Å². The van der Waals surface area contributed by atoms with E-state index in [4.69, 9.17) is 4.74 Å². The van der Waals surface area contributed by atoms with Crippen LogP contribution in [-0.4, -0.2) is 18.0 Å². The van der Waals surface area contributed by atoms with Crippen LogP contribution in [0.25, 0.3) is 6.08 Å². The van der Waals surface area contributed by atoms with Crippen LogP contribution >= 0.6 is 0 Å². The molecule has 0 unspecified atom stereocenters. The highest BCUT2D eigenvalue weighted by Gasteiger charge is 2.12. The number of nitrogens with one attached hydrogen (secondary N) is 1. The summed E-state index contributed by atoms with van der Waals surface area (Å²) in [6.07, 6.45) is 4.90. The first-order valence-electron chi connectivity index (χ1n) is 8.02. The molecule has 0 saturated carbocycles. The largest absolute Gasteiger partial charge is 0.496 e. The van der Waals surface area contributed by atoms with E-state index in [-0.39, 0.29) is 5.57 Å². The molecule has 1 N–H and O–H groups in total. The second-order valence-electron chi connectivity index (χ2n) is 5.87. The van der Waals surface area contributed by atoms with Crippen molar-refractivity contribution in [1.82, 2.24) is 10.3 Å². The zero-order valence-corrected chi connectivity index (χ0v) is 14.6. The van der Waals surface area contributed by atoms with Crippen molar-refractivity contribution in [1.29, 1.82) is 5.26 Å². The smallest absolute Gasteiger partial charge is 0.262 e.